The van der Waals surface area contributed by atoms with E-state index < -0.39 is 23.6 Å². The number of carbonyl (C=O) groups is 3. The summed E-state index contributed by atoms with van der Waals surface area (Å²) in [6, 6.07) is 12.7. The molecule has 41 heavy (non-hydrogen) atoms. The van der Waals surface area contributed by atoms with E-state index in [1.807, 2.05) is 35.2 Å². The van der Waals surface area contributed by atoms with Crippen LogP contribution in [0, 0.1) is 11.6 Å². The van der Waals surface area contributed by atoms with Crippen LogP contribution in [-0.2, 0) is 9.53 Å². The van der Waals surface area contributed by atoms with Gasteiger partial charge in [-0.3, -0.25) is 4.79 Å². The molecule has 2 N–H and O–H groups in total. The molecule has 2 aromatic rings. The van der Waals surface area contributed by atoms with Crippen LogP contribution < -0.4 is 10.6 Å². The van der Waals surface area contributed by atoms with Crippen molar-refractivity contribution >= 4 is 18.0 Å². The Labute approximate surface area is 238 Å². The van der Waals surface area contributed by atoms with E-state index >= 15 is 0 Å². The molecule has 11 heteroatoms. The van der Waals surface area contributed by atoms with E-state index in [9.17, 15) is 23.2 Å². The third kappa shape index (κ3) is 6.45. The molecule has 0 aliphatic carbocycles. The molecule has 0 aromatic heterocycles. The summed E-state index contributed by atoms with van der Waals surface area (Å²) in [6.07, 6.45) is 2.00. The predicted octanol–water partition coefficient (Wildman–Crippen LogP) is 3.63. The minimum Gasteiger partial charge on any atom is -0.383 e. The molecule has 3 unspecified atom stereocenters. The van der Waals surface area contributed by atoms with Crippen molar-refractivity contribution in [1.82, 2.24) is 25.3 Å². The molecule has 5 rings (SSSR count). The molecule has 5 amide bonds. The number of piperidine rings is 1. The first-order valence-corrected chi connectivity index (χ1v) is 14.2. The van der Waals surface area contributed by atoms with Gasteiger partial charge in [0.1, 0.15) is 6.04 Å². The van der Waals surface area contributed by atoms with Crippen LogP contribution in [-0.4, -0.2) is 91.2 Å². The first-order chi connectivity index (χ1) is 19.9. The topological polar surface area (TPSA) is 94.2 Å². The number of nitrogens with one attached hydrogen (secondary N) is 2. The summed E-state index contributed by atoms with van der Waals surface area (Å²) in [5.41, 5.74) is 1.30. The second kappa shape index (κ2) is 12.8. The van der Waals surface area contributed by atoms with E-state index in [0.29, 0.717) is 45.3 Å². The zero-order valence-electron chi connectivity index (χ0n) is 23.2. The molecule has 220 valence electrons. The van der Waals surface area contributed by atoms with E-state index in [-0.39, 0.29) is 55.3 Å². The van der Waals surface area contributed by atoms with Gasteiger partial charge >= 0.3 is 12.1 Å². The fraction of sp³-hybridized carbons (Fsp3) is 0.500. The van der Waals surface area contributed by atoms with Crippen molar-refractivity contribution in [1.29, 1.82) is 0 Å². The van der Waals surface area contributed by atoms with Gasteiger partial charge in [0.05, 0.1) is 12.6 Å². The summed E-state index contributed by atoms with van der Waals surface area (Å²) >= 11 is 0. The van der Waals surface area contributed by atoms with E-state index in [0.717, 1.165) is 11.6 Å². The lowest BCUT2D eigenvalue weighted by molar-refractivity contribution is -0.133. The minimum atomic E-state index is -0.920. The van der Waals surface area contributed by atoms with Gasteiger partial charge in [0.2, 0.25) is 5.91 Å². The van der Waals surface area contributed by atoms with Gasteiger partial charge in [0.25, 0.3) is 0 Å². The fourth-order valence-corrected chi connectivity index (χ4v) is 6.15. The largest absolute Gasteiger partial charge is 0.383 e. The summed E-state index contributed by atoms with van der Waals surface area (Å²) in [5, 5.41) is 5.95. The molecule has 9 nitrogen and oxygen atoms in total. The number of rotatable bonds is 7. The van der Waals surface area contributed by atoms with Gasteiger partial charge in [0.15, 0.2) is 11.6 Å². The Morgan fingerprint density at radius 3 is 2.49 bits per heavy atom. The standard InChI is InChI=1S/C30H37F2N5O4/c1-41-17-16-36-18-21(23-8-5-9-24(31)27(23)32)10-11-25(28(36)38)33-29(39)35-14-12-22(13-15-35)37-19-26(34-30(37)40)20-6-3-2-4-7-20/h2-9,21-22,25-26H,10-19H2,1H3,(H,33,39)(H,34,40). The second-order valence-electron chi connectivity index (χ2n) is 11.0. The van der Waals surface area contributed by atoms with Crippen LogP contribution in [0.2, 0.25) is 0 Å². The minimum absolute atomic E-state index is 0.0266. The van der Waals surface area contributed by atoms with Crippen molar-refractivity contribution in [3.8, 4) is 0 Å². The molecule has 3 aliphatic rings. The number of methoxy groups -OCH3 is 1. The average Bonchev–Trinajstić information content (AvgIpc) is 3.32. The van der Waals surface area contributed by atoms with Crippen molar-refractivity contribution in [3.05, 3.63) is 71.3 Å². The van der Waals surface area contributed by atoms with Crippen LogP contribution in [0.15, 0.2) is 48.5 Å². The van der Waals surface area contributed by atoms with Gasteiger partial charge in [-0.15, -0.1) is 0 Å². The van der Waals surface area contributed by atoms with Crippen LogP contribution in [0.4, 0.5) is 18.4 Å². The van der Waals surface area contributed by atoms with Crippen molar-refractivity contribution in [2.24, 2.45) is 0 Å². The van der Waals surface area contributed by atoms with Gasteiger partial charge in [-0.2, -0.15) is 0 Å². The Morgan fingerprint density at radius 2 is 1.76 bits per heavy atom. The Balaban J connectivity index is 1.19. The van der Waals surface area contributed by atoms with Crippen LogP contribution in [0.1, 0.15) is 48.8 Å². The Bertz CT molecular complexity index is 1240. The van der Waals surface area contributed by atoms with E-state index in [4.69, 9.17) is 4.74 Å². The zero-order valence-corrected chi connectivity index (χ0v) is 23.2. The number of halogens is 2. The Morgan fingerprint density at radius 1 is 1.00 bits per heavy atom. The molecule has 0 saturated carbocycles. The highest BCUT2D eigenvalue weighted by Crippen LogP contribution is 2.30. The van der Waals surface area contributed by atoms with Gasteiger partial charge in [-0.1, -0.05) is 42.5 Å². The summed E-state index contributed by atoms with van der Waals surface area (Å²) in [7, 11) is 1.53. The van der Waals surface area contributed by atoms with Crippen molar-refractivity contribution < 1.29 is 27.9 Å². The molecule has 0 radical (unpaired) electrons. The lowest BCUT2D eigenvalue weighted by Gasteiger charge is -2.37. The quantitative estimate of drug-likeness (QED) is 0.533. The maximum atomic E-state index is 14.6. The normalized spacial score (nSPS) is 23.9. The Hall–Kier alpha value is -3.73. The first-order valence-electron chi connectivity index (χ1n) is 14.2. The third-order valence-electron chi connectivity index (χ3n) is 8.47. The fourth-order valence-electron chi connectivity index (χ4n) is 6.15. The first kappa shape index (κ1) is 28.8. The molecule has 0 spiro atoms. The molecule has 3 fully saturated rings. The lowest BCUT2D eigenvalue weighted by atomic mass is 9.93. The monoisotopic (exact) mass is 569 g/mol. The van der Waals surface area contributed by atoms with Crippen molar-refractivity contribution in [2.75, 3.05) is 46.4 Å². The van der Waals surface area contributed by atoms with Crippen LogP contribution >= 0.6 is 0 Å². The van der Waals surface area contributed by atoms with Gasteiger partial charge in [0, 0.05) is 51.8 Å². The Kier molecular flexibility index (Phi) is 9.02. The maximum Gasteiger partial charge on any atom is 0.318 e. The molecule has 3 aliphatic heterocycles. The highest BCUT2D eigenvalue weighted by atomic mass is 19.2. The van der Waals surface area contributed by atoms with E-state index in [2.05, 4.69) is 10.6 Å². The number of amides is 5. The second-order valence-corrected chi connectivity index (χ2v) is 11.0. The summed E-state index contributed by atoms with van der Waals surface area (Å²) < 4.78 is 33.7. The van der Waals surface area contributed by atoms with Gasteiger partial charge < -0.3 is 30.1 Å². The highest BCUT2D eigenvalue weighted by molar-refractivity contribution is 5.87. The number of urea groups is 2. The molecular formula is C30H37F2N5O4. The summed E-state index contributed by atoms with van der Waals surface area (Å²) in [5.74, 6) is -2.48. The molecule has 3 atom stereocenters. The van der Waals surface area contributed by atoms with Gasteiger partial charge in [-0.25, -0.2) is 18.4 Å². The number of benzene rings is 2. The molecule has 2 aromatic carbocycles. The molecular weight excluding hydrogens is 532 g/mol. The summed E-state index contributed by atoms with van der Waals surface area (Å²) in [6.45, 7) is 2.28. The van der Waals surface area contributed by atoms with E-state index in [1.165, 1.54) is 13.2 Å². The number of hydrogen-bond acceptors (Lipinski definition) is 4. The maximum absolute atomic E-state index is 14.6. The number of hydrogen-bond donors (Lipinski definition) is 2. The number of carbonyl (C=O) groups excluding carboxylic acids is 3. The molecule has 3 heterocycles. The van der Waals surface area contributed by atoms with Crippen molar-refractivity contribution in [2.45, 2.75) is 49.7 Å². The smallest absolute Gasteiger partial charge is 0.318 e. The number of ether oxygens (including phenoxy) is 1. The third-order valence-corrected chi connectivity index (χ3v) is 8.47. The number of likely N-dealkylation sites (tertiary alicyclic amines) is 2. The highest BCUT2D eigenvalue weighted by Gasteiger charge is 2.38. The van der Waals surface area contributed by atoms with E-state index in [1.54, 1.807) is 15.9 Å². The SMILES string of the molecule is COCCN1CC(c2cccc(F)c2F)CCC(NC(=O)N2CCC(N3CC(c4ccccc4)NC3=O)CC2)C1=O. The van der Waals surface area contributed by atoms with Crippen LogP contribution in [0.25, 0.3) is 0 Å². The molecule has 3 saturated heterocycles. The number of nitrogens with zero attached hydrogens (tertiary/aromatic N) is 3. The van der Waals surface area contributed by atoms with Crippen molar-refractivity contribution in [3.63, 3.8) is 0 Å². The zero-order chi connectivity index (χ0) is 28.9. The predicted molar refractivity (Wildman–Crippen MR) is 148 cm³/mol. The lowest BCUT2D eigenvalue weighted by Crippen LogP contribution is -2.55. The average molecular weight is 570 g/mol. The summed E-state index contributed by atoms with van der Waals surface area (Å²) in [4.78, 5) is 44.5. The molecule has 0 bridgehead atoms. The van der Waals surface area contributed by atoms with Crippen LogP contribution in [0.3, 0.4) is 0 Å². The van der Waals surface area contributed by atoms with Gasteiger partial charge in [-0.05, 0) is 42.9 Å². The van der Waals surface area contributed by atoms with Crippen LogP contribution in [0.5, 0.6) is 0 Å².